The molecule has 0 amide bonds. The van der Waals surface area contributed by atoms with E-state index >= 15 is 0 Å². The first-order chi connectivity index (χ1) is 9.42. The number of ether oxygens (including phenoxy) is 1. The van der Waals surface area contributed by atoms with Gasteiger partial charge in [-0.2, -0.15) is 5.10 Å². The van der Waals surface area contributed by atoms with Gasteiger partial charge in [0.05, 0.1) is 6.61 Å². The van der Waals surface area contributed by atoms with E-state index in [0.717, 1.165) is 31.2 Å². The molecule has 0 spiro atoms. The Kier molecular flexibility index (Phi) is 6.13. The number of likely N-dealkylation sites (N-methyl/N-ethyl adjacent to an activating group) is 1. The van der Waals surface area contributed by atoms with E-state index in [2.05, 4.69) is 15.4 Å². The number of nitrogens with zero attached hydrogens (tertiary/aromatic N) is 3. The minimum atomic E-state index is -0.631. The summed E-state index contributed by atoms with van der Waals surface area (Å²) in [5.41, 5.74) is -0.631. The van der Waals surface area contributed by atoms with Crippen LogP contribution >= 0.6 is 0 Å². The first kappa shape index (κ1) is 16.6. The van der Waals surface area contributed by atoms with Crippen LogP contribution in [0.3, 0.4) is 0 Å². The van der Waals surface area contributed by atoms with Crippen LogP contribution in [0.4, 0.5) is 0 Å². The third-order valence-electron chi connectivity index (χ3n) is 3.30. The van der Waals surface area contributed by atoms with Crippen LogP contribution in [0.1, 0.15) is 45.3 Å². The summed E-state index contributed by atoms with van der Waals surface area (Å²) in [6.07, 6.45) is 1.55. The molecule has 0 saturated carbocycles. The molecule has 0 saturated heterocycles. The van der Waals surface area contributed by atoms with Crippen molar-refractivity contribution in [3.63, 3.8) is 0 Å². The van der Waals surface area contributed by atoms with E-state index in [1.807, 2.05) is 39.3 Å². The van der Waals surface area contributed by atoms with E-state index in [1.54, 1.807) is 0 Å². The van der Waals surface area contributed by atoms with Crippen molar-refractivity contribution in [3.05, 3.63) is 11.6 Å². The van der Waals surface area contributed by atoms with Crippen LogP contribution in [0.5, 0.6) is 0 Å². The van der Waals surface area contributed by atoms with Gasteiger partial charge in [0.25, 0.3) is 0 Å². The second-order valence-corrected chi connectivity index (χ2v) is 5.12. The first-order valence-electron chi connectivity index (χ1n) is 7.23. The minimum Gasteiger partial charge on any atom is -0.465 e. The normalized spacial score (nSPS) is 14.1. The van der Waals surface area contributed by atoms with Crippen molar-refractivity contribution in [2.24, 2.45) is 0 Å². The van der Waals surface area contributed by atoms with Gasteiger partial charge in [-0.15, -0.1) is 0 Å². The van der Waals surface area contributed by atoms with Crippen molar-refractivity contribution in [3.8, 4) is 0 Å². The molecule has 0 aliphatic carbocycles. The zero-order valence-corrected chi connectivity index (χ0v) is 13.2. The molecule has 6 heteroatoms. The Bertz CT molecular complexity index is 444. The van der Waals surface area contributed by atoms with Gasteiger partial charge in [0.2, 0.25) is 0 Å². The first-order valence-corrected chi connectivity index (χ1v) is 7.23. The fourth-order valence-electron chi connectivity index (χ4n) is 2.30. The Morgan fingerprint density at radius 3 is 2.60 bits per heavy atom. The molecule has 1 rings (SSSR count). The molecule has 0 bridgehead atoms. The van der Waals surface area contributed by atoms with Gasteiger partial charge in [0.15, 0.2) is 0 Å². The summed E-state index contributed by atoms with van der Waals surface area (Å²) in [6, 6.07) is 0. The zero-order valence-electron chi connectivity index (χ0n) is 13.2. The molecule has 0 fully saturated rings. The number of carbonyl (C=O) groups excluding carboxylic acids is 1. The molecule has 0 aromatic carbocycles. The monoisotopic (exact) mass is 282 g/mol. The molecule has 1 atom stereocenters. The summed E-state index contributed by atoms with van der Waals surface area (Å²) < 4.78 is 7.04. The smallest absolute Gasteiger partial charge is 0.326 e. The van der Waals surface area contributed by atoms with Gasteiger partial charge in [-0.3, -0.25) is 9.48 Å². The largest absolute Gasteiger partial charge is 0.465 e. The van der Waals surface area contributed by atoms with Gasteiger partial charge in [-0.25, -0.2) is 4.98 Å². The summed E-state index contributed by atoms with van der Waals surface area (Å²) in [5.74, 6) is 1.50. The number of hydrogen-bond donors (Lipinski definition) is 1. The van der Waals surface area contributed by atoms with Crippen molar-refractivity contribution in [2.45, 2.75) is 59.5 Å². The lowest BCUT2D eigenvalue weighted by Gasteiger charge is -2.28. The molecular formula is C14H26N4O2. The standard InChI is InChI=1S/C14H26N4O2/c1-6-15-14(5,13(19)20-7-2)9-8-10-18-12(4)16-11(3)17-18/h15H,6-10H2,1-5H3. The Labute approximate surface area is 120 Å². The van der Waals surface area contributed by atoms with E-state index in [0.29, 0.717) is 13.0 Å². The highest BCUT2D eigenvalue weighted by molar-refractivity contribution is 5.80. The van der Waals surface area contributed by atoms with E-state index in [-0.39, 0.29) is 5.97 Å². The molecule has 0 aliphatic heterocycles. The van der Waals surface area contributed by atoms with Crippen molar-refractivity contribution in [2.75, 3.05) is 13.2 Å². The van der Waals surface area contributed by atoms with Crippen LogP contribution < -0.4 is 5.32 Å². The fourth-order valence-corrected chi connectivity index (χ4v) is 2.30. The topological polar surface area (TPSA) is 69.0 Å². The average Bonchev–Trinajstić information content (AvgIpc) is 2.68. The van der Waals surface area contributed by atoms with Gasteiger partial charge in [-0.05, 0) is 47.1 Å². The number of rotatable bonds is 8. The quantitative estimate of drug-likeness (QED) is 0.734. The number of aromatic nitrogens is 3. The van der Waals surface area contributed by atoms with Crippen LogP contribution in [-0.4, -0.2) is 39.4 Å². The van der Waals surface area contributed by atoms with Crippen molar-refractivity contribution in [1.29, 1.82) is 0 Å². The molecule has 1 heterocycles. The predicted molar refractivity (Wildman–Crippen MR) is 77.4 cm³/mol. The molecule has 1 aromatic rings. The maximum Gasteiger partial charge on any atom is 0.326 e. The maximum absolute atomic E-state index is 12.0. The fraction of sp³-hybridized carbons (Fsp3) is 0.786. The number of aryl methyl sites for hydroxylation is 3. The predicted octanol–water partition coefficient (Wildman–Crippen LogP) is 1.61. The van der Waals surface area contributed by atoms with Crippen molar-refractivity contribution in [1.82, 2.24) is 20.1 Å². The summed E-state index contributed by atoms with van der Waals surface area (Å²) in [5, 5.41) is 7.56. The second-order valence-electron chi connectivity index (χ2n) is 5.12. The lowest BCUT2D eigenvalue weighted by molar-refractivity contribution is -0.150. The summed E-state index contributed by atoms with van der Waals surface area (Å²) >= 11 is 0. The molecule has 0 radical (unpaired) electrons. The molecule has 1 aromatic heterocycles. The maximum atomic E-state index is 12.0. The average molecular weight is 282 g/mol. The third kappa shape index (κ3) is 4.30. The zero-order chi connectivity index (χ0) is 15.2. The lowest BCUT2D eigenvalue weighted by Crippen LogP contribution is -2.50. The summed E-state index contributed by atoms with van der Waals surface area (Å²) in [6.45, 7) is 11.4. The molecule has 1 N–H and O–H groups in total. The van der Waals surface area contributed by atoms with Crippen LogP contribution in [0.15, 0.2) is 0 Å². The number of carbonyl (C=O) groups is 1. The van der Waals surface area contributed by atoms with Gasteiger partial charge in [0.1, 0.15) is 17.2 Å². The van der Waals surface area contributed by atoms with Crippen molar-refractivity contribution >= 4 is 5.97 Å². The van der Waals surface area contributed by atoms with Gasteiger partial charge < -0.3 is 10.1 Å². The number of hydrogen-bond acceptors (Lipinski definition) is 5. The summed E-state index contributed by atoms with van der Waals surface area (Å²) in [4.78, 5) is 16.3. The molecule has 20 heavy (non-hydrogen) atoms. The Morgan fingerprint density at radius 1 is 1.40 bits per heavy atom. The molecule has 0 aliphatic rings. The van der Waals surface area contributed by atoms with E-state index in [1.165, 1.54) is 0 Å². The van der Waals surface area contributed by atoms with Gasteiger partial charge >= 0.3 is 5.97 Å². The Balaban J connectivity index is 2.58. The van der Waals surface area contributed by atoms with Crippen LogP contribution in [0.2, 0.25) is 0 Å². The number of esters is 1. The third-order valence-corrected chi connectivity index (χ3v) is 3.30. The van der Waals surface area contributed by atoms with Crippen LogP contribution in [-0.2, 0) is 16.1 Å². The Hall–Kier alpha value is -1.43. The molecule has 114 valence electrons. The van der Waals surface area contributed by atoms with Crippen LogP contribution in [0.25, 0.3) is 0 Å². The van der Waals surface area contributed by atoms with Crippen molar-refractivity contribution < 1.29 is 9.53 Å². The lowest BCUT2D eigenvalue weighted by atomic mass is 9.95. The van der Waals surface area contributed by atoms with E-state index in [9.17, 15) is 4.79 Å². The second kappa shape index (κ2) is 7.38. The van der Waals surface area contributed by atoms with Gasteiger partial charge in [-0.1, -0.05) is 6.92 Å². The highest BCUT2D eigenvalue weighted by Gasteiger charge is 2.33. The Morgan fingerprint density at radius 2 is 2.10 bits per heavy atom. The van der Waals surface area contributed by atoms with E-state index < -0.39 is 5.54 Å². The summed E-state index contributed by atoms with van der Waals surface area (Å²) in [7, 11) is 0. The van der Waals surface area contributed by atoms with E-state index in [4.69, 9.17) is 4.74 Å². The molecule has 1 unspecified atom stereocenters. The van der Waals surface area contributed by atoms with Gasteiger partial charge in [0, 0.05) is 6.54 Å². The SMILES string of the molecule is CCNC(C)(CCCn1nc(C)nc1C)C(=O)OCC. The highest BCUT2D eigenvalue weighted by Crippen LogP contribution is 2.15. The van der Waals surface area contributed by atoms with Crippen LogP contribution in [0, 0.1) is 13.8 Å². The molecular weight excluding hydrogens is 256 g/mol. The minimum absolute atomic E-state index is 0.187. The number of nitrogens with one attached hydrogen (secondary N) is 1. The highest BCUT2D eigenvalue weighted by atomic mass is 16.5. The molecule has 6 nitrogen and oxygen atoms in total.